The highest BCUT2D eigenvalue weighted by Crippen LogP contribution is 2.28. The Morgan fingerprint density at radius 3 is 2.88 bits per heavy atom. The maximum atomic E-state index is 12.4. The van der Waals surface area contributed by atoms with Gasteiger partial charge >= 0.3 is 0 Å². The molecule has 134 valence electrons. The van der Waals surface area contributed by atoms with Crippen LogP contribution in [0.4, 0.5) is 0 Å². The molecule has 1 amide bonds. The van der Waals surface area contributed by atoms with Crippen molar-refractivity contribution in [1.82, 2.24) is 20.0 Å². The van der Waals surface area contributed by atoms with E-state index in [4.69, 9.17) is 16.1 Å². The van der Waals surface area contributed by atoms with Crippen molar-refractivity contribution in [1.29, 1.82) is 0 Å². The quantitative estimate of drug-likeness (QED) is 0.701. The molecule has 3 aromatic heterocycles. The van der Waals surface area contributed by atoms with Gasteiger partial charge in [-0.15, -0.1) is 0 Å². The largest absolute Gasteiger partial charge is 0.360 e. The number of aromatic nitrogens is 3. The van der Waals surface area contributed by atoms with Gasteiger partial charge in [-0.3, -0.25) is 14.8 Å². The number of carbonyl (C=O) groups excluding carboxylic acids is 1. The number of hydrogen-bond acceptors (Lipinski definition) is 5. The monoisotopic (exact) mass is 370 g/mol. The molecule has 0 radical (unpaired) electrons. The van der Waals surface area contributed by atoms with Crippen LogP contribution in [0.5, 0.6) is 0 Å². The number of nitrogens with zero attached hydrogens (tertiary/aromatic N) is 4. The maximum Gasteiger partial charge on any atom is 0.223 e. The van der Waals surface area contributed by atoms with Crippen LogP contribution in [0.25, 0.3) is 10.9 Å². The van der Waals surface area contributed by atoms with Crippen LogP contribution in [0.3, 0.4) is 0 Å². The Hall–Kier alpha value is -2.47. The van der Waals surface area contributed by atoms with Crippen LogP contribution < -0.4 is 0 Å². The molecule has 0 aromatic carbocycles. The Morgan fingerprint density at radius 1 is 1.27 bits per heavy atom. The number of pyridine rings is 2. The highest BCUT2D eigenvalue weighted by Gasteiger charge is 2.24. The van der Waals surface area contributed by atoms with Gasteiger partial charge in [0.1, 0.15) is 5.76 Å². The standard InChI is InChI=1S/C19H19ClN4O2/c20-18-10-15(26-23-18)3-4-19(25)24-8-5-13(6-9-24)16-11-17-14(12-22-16)2-1-7-21-17/h1-2,7,10-13H,3-6,8-9H2. The van der Waals surface area contributed by atoms with Gasteiger partial charge in [-0.05, 0) is 31.0 Å². The molecule has 0 atom stereocenters. The Kier molecular flexibility index (Phi) is 4.84. The first kappa shape index (κ1) is 17.0. The molecule has 0 unspecified atom stereocenters. The summed E-state index contributed by atoms with van der Waals surface area (Å²) in [4.78, 5) is 23.3. The molecular formula is C19H19ClN4O2. The van der Waals surface area contributed by atoms with Crippen molar-refractivity contribution in [3.63, 3.8) is 0 Å². The second-order valence-electron chi connectivity index (χ2n) is 6.58. The molecular weight excluding hydrogens is 352 g/mol. The molecule has 6 nitrogen and oxygen atoms in total. The normalized spacial score (nSPS) is 15.5. The number of hydrogen-bond donors (Lipinski definition) is 0. The Morgan fingerprint density at radius 2 is 2.12 bits per heavy atom. The predicted octanol–water partition coefficient (Wildman–Crippen LogP) is 3.61. The van der Waals surface area contributed by atoms with Crippen molar-refractivity contribution in [3.8, 4) is 0 Å². The summed E-state index contributed by atoms with van der Waals surface area (Å²) in [5.41, 5.74) is 2.04. The molecule has 0 bridgehead atoms. The predicted molar refractivity (Wildman–Crippen MR) is 97.9 cm³/mol. The lowest BCUT2D eigenvalue weighted by atomic mass is 9.92. The lowest BCUT2D eigenvalue weighted by Gasteiger charge is -2.31. The molecule has 1 fully saturated rings. The summed E-state index contributed by atoms with van der Waals surface area (Å²) in [5, 5.41) is 5.00. The van der Waals surface area contributed by atoms with E-state index < -0.39 is 0 Å². The van der Waals surface area contributed by atoms with Gasteiger partial charge in [0.15, 0.2) is 5.15 Å². The third-order valence-electron chi connectivity index (χ3n) is 4.89. The molecule has 0 N–H and O–H groups in total. The number of piperidine rings is 1. The van der Waals surface area contributed by atoms with Crippen LogP contribution in [0.1, 0.15) is 36.6 Å². The number of amides is 1. The van der Waals surface area contributed by atoms with E-state index in [1.54, 1.807) is 12.3 Å². The zero-order chi connectivity index (χ0) is 17.9. The topological polar surface area (TPSA) is 72.1 Å². The van der Waals surface area contributed by atoms with E-state index in [0.29, 0.717) is 29.7 Å². The lowest BCUT2D eigenvalue weighted by Crippen LogP contribution is -2.38. The van der Waals surface area contributed by atoms with Crippen LogP contribution in [-0.2, 0) is 11.2 Å². The first-order valence-corrected chi connectivity index (χ1v) is 9.16. The van der Waals surface area contributed by atoms with E-state index in [1.165, 1.54) is 0 Å². The first-order valence-electron chi connectivity index (χ1n) is 8.78. The first-order chi connectivity index (χ1) is 12.7. The van der Waals surface area contributed by atoms with E-state index in [0.717, 1.165) is 42.5 Å². The number of aryl methyl sites for hydroxylation is 1. The highest BCUT2D eigenvalue weighted by atomic mass is 35.5. The van der Waals surface area contributed by atoms with Crippen molar-refractivity contribution in [2.45, 2.75) is 31.6 Å². The fraction of sp³-hybridized carbons (Fsp3) is 0.368. The van der Waals surface area contributed by atoms with Crippen molar-refractivity contribution in [2.24, 2.45) is 0 Å². The van der Waals surface area contributed by atoms with Gasteiger partial charge in [-0.1, -0.05) is 16.8 Å². The molecule has 26 heavy (non-hydrogen) atoms. The molecule has 7 heteroatoms. The summed E-state index contributed by atoms with van der Waals surface area (Å²) in [6, 6.07) is 7.66. The molecule has 0 spiro atoms. The van der Waals surface area contributed by atoms with Crippen molar-refractivity contribution < 1.29 is 9.32 Å². The van der Waals surface area contributed by atoms with Crippen LogP contribution in [0.15, 0.2) is 41.2 Å². The molecule has 1 aliphatic rings. The zero-order valence-electron chi connectivity index (χ0n) is 14.3. The number of rotatable bonds is 4. The number of halogens is 1. The second kappa shape index (κ2) is 7.41. The van der Waals surface area contributed by atoms with Crippen LogP contribution in [-0.4, -0.2) is 39.0 Å². The summed E-state index contributed by atoms with van der Waals surface area (Å²) in [6.45, 7) is 1.51. The Bertz CT molecular complexity index is 919. The minimum Gasteiger partial charge on any atom is -0.360 e. The van der Waals surface area contributed by atoms with E-state index in [9.17, 15) is 4.79 Å². The zero-order valence-corrected chi connectivity index (χ0v) is 15.0. The molecule has 1 aliphatic heterocycles. The molecule has 1 saturated heterocycles. The van der Waals surface area contributed by atoms with Gasteiger partial charge in [0.25, 0.3) is 0 Å². The fourth-order valence-corrected chi connectivity index (χ4v) is 3.58. The highest BCUT2D eigenvalue weighted by molar-refractivity contribution is 6.29. The third kappa shape index (κ3) is 3.70. The second-order valence-corrected chi connectivity index (χ2v) is 6.96. The van der Waals surface area contributed by atoms with E-state index in [1.807, 2.05) is 23.2 Å². The molecule has 0 aliphatic carbocycles. The van der Waals surface area contributed by atoms with Gasteiger partial charge in [-0.2, -0.15) is 0 Å². The number of likely N-dealkylation sites (tertiary alicyclic amines) is 1. The van der Waals surface area contributed by atoms with Gasteiger partial charge in [0.2, 0.25) is 5.91 Å². The van der Waals surface area contributed by atoms with Crippen LogP contribution >= 0.6 is 11.6 Å². The molecule has 4 heterocycles. The number of fused-ring (bicyclic) bond motifs is 1. The van der Waals surface area contributed by atoms with Gasteiger partial charge in [-0.25, -0.2) is 0 Å². The maximum absolute atomic E-state index is 12.4. The summed E-state index contributed by atoms with van der Waals surface area (Å²) >= 11 is 5.72. The van der Waals surface area contributed by atoms with Crippen LogP contribution in [0.2, 0.25) is 5.15 Å². The minimum atomic E-state index is 0.143. The summed E-state index contributed by atoms with van der Waals surface area (Å²) in [7, 11) is 0. The summed E-state index contributed by atoms with van der Waals surface area (Å²) in [6.07, 6.45) is 6.47. The van der Waals surface area contributed by atoms with Crippen molar-refractivity contribution >= 4 is 28.4 Å². The Balaban J connectivity index is 1.33. The Labute approximate surface area is 156 Å². The van der Waals surface area contributed by atoms with E-state index >= 15 is 0 Å². The third-order valence-corrected chi connectivity index (χ3v) is 5.07. The van der Waals surface area contributed by atoms with E-state index in [2.05, 4.69) is 21.2 Å². The van der Waals surface area contributed by atoms with Gasteiger partial charge in [0, 0.05) is 61.4 Å². The van der Waals surface area contributed by atoms with Crippen LogP contribution in [0, 0.1) is 0 Å². The summed E-state index contributed by atoms with van der Waals surface area (Å²) < 4.78 is 5.05. The van der Waals surface area contributed by atoms with Gasteiger partial charge < -0.3 is 9.42 Å². The average Bonchev–Trinajstić information content (AvgIpc) is 3.11. The summed E-state index contributed by atoms with van der Waals surface area (Å²) in [5.74, 6) is 1.16. The molecule has 0 saturated carbocycles. The smallest absolute Gasteiger partial charge is 0.223 e. The lowest BCUT2D eigenvalue weighted by molar-refractivity contribution is -0.132. The SMILES string of the molecule is O=C(CCc1cc(Cl)no1)N1CCC(c2cc3ncccc3cn2)CC1. The van der Waals surface area contributed by atoms with Gasteiger partial charge in [0.05, 0.1) is 5.52 Å². The average molecular weight is 371 g/mol. The molecule has 3 aromatic rings. The van der Waals surface area contributed by atoms with Crippen molar-refractivity contribution in [2.75, 3.05) is 13.1 Å². The van der Waals surface area contributed by atoms with Crippen molar-refractivity contribution in [3.05, 3.63) is 53.3 Å². The van der Waals surface area contributed by atoms with E-state index in [-0.39, 0.29) is 5.91 Å². The minimum absolute atomic E-state index is 0.143. The molecule has 4 rings (SSSR count). The fourth-order valence-electron chi connectivity index (χ4n) is 3.42. The number of carbonyl (C=O) groups is 1.